The maximum atomic E-state index is 12.0. The van der Waals surface area contributed by atoms with Gasteiger partial charge in [-0.2, -0.15) is 0 Å². The number of aliphatic hydroxyl groups excluding tert-OH is 1. The molecule has 0 atom stereocenters. The second-order valence-corrected chi connectivity index (χ2v) is 10.5. The van der Waals surface area contributed by atoms with Gasteiger partial charge in [0.05, 0.1) is 12.4 Å². The zero-order valence-electron chi connectivity index (χ0n) is 19.3. The van der Waals surface area contributed by atoms with Gasteiger partial charge in [0, 0.05) is 12.3 Å². The van der Waals surface area contributed by atoms with Crippen LogP contribution in [0.1, 0.15) is 103 Å². The van der Waals surface area contributed by atoms with Gasteiger partial charge in [-0.05, 0) is 12.8 Å². The smallest absolute Gasteiger partial charge is 0.217 e. The van der Waals surface area contributed by atoms with E-state index < -0.39 is 28.1 Å². The van der Waals surface area contributed by atoms with Gasteiger partial charge in [-0.3, -0.25) is 4.57 Å². The number of allylic oxidation sites excluding steroid dienone is 1. The predicted molar refractivity (Wildman–Crippen MR) is 127 cm³/mol. The van der Waals surface area contributed by atoms with Gasteiger partial charge in [0.15, 0.2) is 15.7 Å². The number of aliphatic hydroxyl groups is 1. The summed E-state index contributed by atoms with van der Waals surface area (Å²) in [4.78, 5) is -0.361. The van der Waals surface area contributed by atoms with Gasteiger partial charge in [0.1, 0.15) is 4.90 Å². The molecule has 0 radical (unpaired) electrons. The van der Waals surface area contributed by atoms with Crippen molar-refractivity contribution in [2.45, 2.75) is 108 Å². The summed E-state index contributed by atoms with van der Waals surface area (Å²) >= 11 is 0. The second kappa shape index (κ2) is 16.2. The number of nitrogens with zero attached hydrogens (tertiary/aromatic N) is 1. The Balaban J connectivity index is 2.12. The van der Waals surface area contributed by atoms with E-state index in [0.29, 0.717) is 0 Å². The minimum atomic E-state index is -3.82. The first-order valence-electron chi connectivity index (χ1n) is 12.1. The van der Waals surface area contributed by atoms with Crippen molar-refractivity contribution < 1.29 is 23.7 Å². The van der Waals surface area contributed by atoms with Crippen molar-refractivity contribution in [1.82, 2.24) is 4.57 Å². The monoisotopic (exact) mass is 457 g/mol. The lowest BCUT2D eigenvalue weighted by Gasteiger charge is -2.03. The van der Waals surface area contributed by atoms with Crippen molar-refractivity contribution in [3.63, 3.8) is 0 Å². The van der Waals surface area contributed by atoms with Crippen molar-refractivity contribution in [3.05, 3.63) is 12.1 Å². The van der Waals surface area contributed by atoms with E-state index in [-0.39, 0.29) is 10.8 Å². The summed E-state index contributed by atoms with van der Waals surface area (Å²) in [5.41, 5.74) is 0. The summed E-state index contributed by atoms with van der Waals surface area (Å²) in [6.45, 7) is 1.72. The van der Waals surface area contributed by atoms with Crippen LogP contribution in [0.5, 0.6) is 11.8 Å². The number of unbranched alkanes of at least 4 members (excludes halogenated alkanes) is 14. The SMILES string of the molecule is CCCCCCCCCCCCCCCCC=Cn1c(O)cc(S(=O)(=O)CCO)c1O. The Hall–Kier alpha value is -1.47. The van der Waals surface area contributed by atoms with E-state index in [9.17, 15) is 18.6 Å². The minimum Gasteiger partial charge on any atom is -0.494 e. The summed E-state index contributed by atoms with van der Waals surface area (Å²) in [6.07, 6.45) is 22.4. The molecule has 0 saturated carbocycles. The average Bonchev–Trinajstić information content (AvgIpc) is 3.02. The van der Waals surface area contributed by atoms with Gasteiger partial charge in [0.25, 0.3) is 0 Å². The van der Waals surface area contributed by atoms with Crippen LogP contribution in [0.3, 0.4) is 0 Å². The molecule has 180 valence electrons. The number of aromatic hydroxyl groups is 2. The van der Waals surface area contributed by atoms with Crippen LogP contribution in [0.25, 0.3) is 6.20 Å². The van der Waals surface area contributed by atoms with Gasteiger partial charge in [-0.1, -0.05) is 96.5 Å². The minimum absolute atomic E-state index is 0.341. The molecule has 1 heterocycles. The zero-order chi connectivity index (χ0) is 23.0. The maximum absolute atomic E-state index is 12.0. The van der Waals surface area contributed by atoms with Crippen LogP contribution in [-0.2, 0) is 9.84 Å². The highest BCUT2D eigenvalue weighted by Gasteiger charge is 2.24. The number of hydrogen-bond donors (Lipinski definition) is 3. The third kappa shape index (κ3) is 11.1. The Morgan fingerprint density at radius 1 is 0.839 bits per heavy atom. The Morgan fingerprint density at radius 2 is 1.32 bits per heavy atom. The zero-order valence-corrected chi connectivity index (χ0v) is 20.1. The summed E-state index contributed by atoms with van der Waals surface area (Å²) in [5, 5.41) is 28.8. The van der Waals surface area contributed by atoms with E-state index in [0.717, 1.165) is 29.9 Å². The third-order valence-corrected chi connectivity index (χ3v) is 7.32. The molecule has 1 aromatic rings. The molecule has 0 saturated heterocycles. The molecule has 0 aliphatic rings. The largest absolute Gasteiger partial charge is 0.494 e. The fourth-order valence-electron chi connectivity index (χ4n) is 3.72. The standard InChI is InChI=1S/C24H43NO5S/c1-2-3-4-5-6-7-8-9-10-11-12-13-14-15-16-17-18-25-23(27)21-22(24(25)28)31(29,30)20-19-26/h17-18,21,26-28H,2-16,19-20H2,1H3. The molecule has 0 aliphatic carbocycles. The Labute approximate surface area is 188 Å². The molecule has 0 spiro atoms. The molecular formula is C24H43NO5S. The van der Waals surface area contributed by atoms with Crippen LogP contribution in [0.15, 0.2) is 17.0 Å². The molecule has 0 unspecified atom stereocenters. The molecule has 7 heteroatoms. The van der Waals surface area contributed by atoms with Crippen molar-refractivity contribution >= 4 is 16.0 Å². The van der Waals surface area contributed by atoms with Crippen LogP contribution in [0.2, 0.25) is 0 Å². The van der Waals surface area contributed by atoms with Crippen molar-refractivity contribution in [3.8, 4) is 11.8 Å². The first-order chi connectivity index (χ1) is 14.9. The van der Waals surface area contributed by atoms with E-state index in [1.165, 1.54) is 83.2 Å². The highest BCUT2D eigenvalue weighted by Crippen LogP contribution is 2.32. The van der Waals surface area contributed by atoms with Crippen LogP contribution < -0.4 is 0 Å². The topological polar surface area (TPSA) is 99.8 Å². The van der Waals surface area contributed by atoms with Crippen LogP contribution in [0.4, 0.5) is 0 Å². The molecule has 0 aromatic carbocycles. The predicted octanol–water partition coefficient (Wildman–Crippen LogP) is 6.01. The van der Waals surface area contributed by atoms with E-state index in [4.69, 9.17) is 5.11 Å². The molecule has 0 bridgehead atoms. The number of hydrogen-bond acceptors (Lipinski definition) is 5. The quantitative estimate of drug-likeness (QED) is 0.221. The Morgan fingerprint density at radius 3 is 1.81 bits per heavy atom. The average molecular weight is 458 g/mol. The summed E-state index contributed by atoms with van der Waals surface area (Å²) < 4.78 is 25.0. The molecule has 0 aliphatic heterocycles. The lowest BCUT2D eigenvalue weighted by Crippen LogP contribution is -2.09. The number of rotatable bonds is 19. The maximum Gasteiger partial charge on any atom is 0.217 e. The molecule has 0 fully saturated rings. The van der Waals surface area contributed by atoms with E-state index in [2.05, 4.69) is 6.92 Å². The molecule has 3 N–H and O–H groups in total. The highest BCUT2D eigenvalue weighted by molar-refractivity contribution is 7.91. The molecule has 0 amide bonds. The van der Waals surface area contributed by atoms with Gasteiger partial charge in [0.2, 0.25) is 5.88 Å². The fourth-order valence-corrected chi connectivity index (χ4v) is 4.84. The number of sulfone groups is 1. The molecular weight excluding hydrogens is 414 g/mol. The number of aromatic nitrogens is 1. The van der Waals surface area contributed by atoms with Gasteiger partial charge in [-0.25, -0.2) is 8.42 Å². The normalized spacial score (nSPS) is 12.2. The van der Waals surface area contributed by atoms with Crippen molar-refractivity contribution in [2.24, 2.45) is 0 Å². The Bertz CT molecular complexity index is 725. The highest BCUT2D eigenvalue weighted by atomic mass is 32.2. The van der Waals surface area contributed by atoms with E-state index in [1.807, 2.05) is 6.08 Å². The third-order valence-electron chi connectivity index (χ3n) is 5.63. The first kappa shape index (κ1) is 27.6. The summed E-state index contributed by atoms with van der Waals surface area (Å²) in [5.74, 6) is -1.36. The van der Waals surface area contributed by atoms with E-state index in [1.54, 1.807) is 0 Å². The van der Waals surface area contributed by atoms with Gasteiger partial charge in [-0.15, -0.1) is 0 Å². The van der Waals surface area contributed by atoms with Crippen LogP contribution in [0, 0.1) is 0 Å². The fraction of sp³-hybridized carbons (Fsp3) is 0.750. The van der Waals surface area contributed by atoms with Crippen molar-refractivity contribution in [2.75, 3.05) is 12.4 Å². The lowest BCUT2D eigenvalue weighted by molar-refractivity contribution is 0.319. The van der Waals surface area contributed by atoms with E-state index >= 15 is 0 Å². The van der Waals surface area contributed by atoms with Gasteiger partial charge >= 0.3 is 0 Å². The van der Waals surface area contributed by atoms with Crippen molar-refractivity contribution in [1.29, 1.82) is 0 Å². The van der Waals surface area contributed by atoms with Crippen LogP contribution in [-0.4, -0.2) is 40.7 Å². The van der Waals surface area contributed by atoms with Gasteiger partial charge < -0.3 is 15.3 Å². The lowest BCUT2D eigenvalue weighted by atomic mass is 10.0. The Kier molecular flexibility index (Phi) is 14.4. The molecule has 1 aromatic heterocycles. The van der Waals surface area contributed by atoms with Crippen LogP contribution >= 0.6 is 0 Å². The summed E-state index contributed by atoms with van der Waals surface area (Å²) in [7, 11) is -3.82. The molecule has 1 rings (SSSR count). The summed E-state index contributed by atoms with van der Waals surface area (Å²) in [6, 6.07) is 1.01. The molecule has 6 nitrogen and oxygen atoms in total. The second-order valence-electron chi connectivity index (χ2n) is 8.37. The first-order valence-corrected chi connectivity index (χ1v) is 13.7. The molecule has 31 heavy (non-hydrogen) atoms.